The predicted octanol–water partition coefficient (Wildman–Crippen LogP) is 5.90. The molecule has 1 aliphatic rings. The van der Waals surface area contributed by atoms with Gasteiger partial charge in [-0.3, -0.25) is 4.99 Å². The summed E-state index contributed by atoms with van der Waals surface area (Å²) in [6.45, 7) is 2.26. The molecule has 3 aromatic carbocycles. The minimum atomic E-state index is 0.0670. The number of halogens is 1. The molecule has 0 spiro atoms. The zero-order valence-electron chi connectivity index (χ0n) is 16.1. The number of phenols is 1. The molecular weight excluding hydrogens is 404 g/mol. The number of oxazole rings is 1. The van der Waals surface area contributed by atoms with Gasteiger partial charge in [-0.15, -0.1) is 0 Å². The number of benzene rings is 3. The topological polar surface area (TPSA) is 77.1 Å². The molecular formula is C23H17ClN2O4. The average molecular weight is 421 g/mol. The molecule has 0 bridgehead atoms. The van der Waals surface area contributed by atoms with Gasteiger partial charge in [-0.1, -0.05) is 24.6 Å². The number of ether oxygens (including phenoxy) is 2. The van der Waals surface area contributed by atoms with Crippen LogP contribution in [0.4, 0.5) is 5.69 Å². The number of aliphatic imine (C=N–C) groups is 1. The SMILES string of the molecule is CCc1ccc2oc(-c3cc(N=Cc4cc5c(cc4Cl)OCO5)ccc3O)nc2c1. The number of nitrogens with zero attached hydrogens (tertiary/aromatic N) is 2. The number of aromatic nitrogens is 1. The third-order valence-corrected chi connectivity index (χ3v) is 5.24. The summed E-state index contributed by atoms with van der Waals surface area (Å²) in [5, 5.41) is 10.9. The molecule has 1 aromatic heterocycles. The molecule has 6 nitrogen and oxygen atoms in total. The van der Waals surface area contributed by atoms with E-state index in [-0.39, 0.29) is 12.5 Å². The number of fused-ring (bicyclic) bond motifs is 2. The van der Waals surface area contributed by atoms with Crippen molar-refractivity contribution < 1.29 is 19.0 Å². The normalized spacial score (nSPS) is 12.9. The summed E-state index contributed by atoms with van der Waals surface area (Å²) in [4.78, 5) is 9.02. The predicted molar refractivity (Wildman–Crippen MR) is 115 cm³/mol. The molecule has 0 unspecified atom stereocenters. The number of phenolic OH excluding ortho intramolecular Hbond substituents is 1. The summed E-state index contributed by atoms with van der Waals surface area (Å²) >= 11 is 6.30. The van der Waals surface area contributed by atoms with Crippen molar-refractivity contribution in [3.63, 3.8) is 0 Å². The molecule has 0 saturated heterocycles. The maximum atomic E-state index is 10.3. The third-order valence-electron chi connectivity index (χ3n) is 4.92. The van der Waals surface area contributed by atoms with Gasteiger partial charge >= 0.3 is 0 Å². The Morgan fingerprint density at radius 2 is 1.93 bits per heavy atom. The maximum Gasteiger partial charge on any atom is 0.231 e. The van der Waals surface area contributed by atoms with E-state index in [1.165, 1.54) is 5.56 Å². The van der Waals surface area contributed by atoms with Crippen LogP contribution in [-0.4, -0.2) is 23.1 Å². The van der Waals surface area contributed by atoms with Gasteiger partial charge in [0.25, 0.3) is 0 Å². The van der Waals surface area contributed by atoms with Crippen molar-refractivity contribution in [2.24, 2.45) is 4.99 Å². The number of hydrogen-bond donors (Lipinski definition) is 1. The van der Waals surface area contributed by atoms with Crippen LogP contribution in [0, 0.1) is 0 Å². The van der Waals surface area contributed by atoms with Gasteiger partial charge in [0.05, 0.1) is 16.3 Å². The Morgan fingerprint density at radius 1 is 1.10 bits per heavy atom. The smallest absolute Gasteiger partial charge is 0.231 e. The highest BCUT2D eigenvalue weighted by atomic mass is 35.5. The van der Waals surface area contributed by atoms with Gasteiger partial charge in [0.2, 0.25) is 12.7 Å². The highest BCUT2D eigenvalue weighted by Gasteiger charge is 2.16. The van der Waals surface area contributed by atoms with Crippen molar-refractivity contribution in [3.05, 3.63) is 64.7 Å². The Hall–Kier alpha value is -3.51. The van der Waals surface area contributed by atoms with E-state index in [1.807, 2.05) is 18.2 Å². The Morgan fingerprint density at radius 3 is 2.77 bits per heavy atom. The molecule has 0 aliphatic carbocycles. The largest absolute Gasteiger partial charge is 0.507 e. The zero-order valence-corrected chi connectivity index (χ0v) is 16.8. The van der Waals surface area contributed by atoms with E-state index in [2.05, 4.69) is 16.9 Å². The number of aromatic hydroxyl groups is 1. The van der Waals surface area contributed by atoms with E-state index in [4.69, 9.17) is 25.5 Å². The van der Waals surface area contributed by atoms with Crippen LogP contribution in [-0.2, 0) is 6.42 Å². The van der Waals surface area contributed by atoms with Crippen LogP contribution in [0.15, 0.2) is 57.9 Å². The zero-order chi connectivity index (χ0) is 20.7. The molecule has 2 heterocycles. The van der Waals surface area contributed by atoms with E-state index in [0.29, 0.717) is 44.8 Å². The minimum absolute atomic E-state index is 0.0670. The summed E-state index contributed by atoms with van der Waals surface area (Å²) in [6.07, 6.45) is 2.55. The van der Waals surface area contributed by atoms with Crippen LogP contribution in [0.3, 0.4) is 0 Å². The molecule has 0 radical (unpaired) electrons. The Balaban J connectivity index is 1.49. The summed E-state index contributed by atoms with van der Waals surface area (Å²) in [5.74, 6) is 1.66. The van der Waals surface area contributed by atoms with Gasteiger partial charge in [-0.2, -0.15) is 0 Å². The molecule has 0 amide bonds. The van der Waals surface area contributed by atoms with Gasteiger partial charge in [-0.05, 0) is 48.4 Å². The summed E-state index contributed by atoms with van der Waals surface area (Å²) < 4.78 is 16.6. The molecule has 1 N–H and O–H groups in total. The fourth-order valence-corrected chi connectivity index (χ4v) is 3.46. The van der Waals surface area contributed by atoms with E-state index in [1.54, 1.807) is 36.5 Å². The van der Waals surface area contributed by atoms with Gasteiger partial charge in [0.15, 0.2) is 17.1 Å². The van der Waals surface area contributed by atoms with Crippen LogP contribution < -0.4 is 9.47 Å². The van der Waals surface area contributed by atoms with Crippen molar-refractivity contribution in [2.75, 3.05) is 6.79 Å². The quantitative estimate of drug-likeness (QED) is 0.416. The molecule has 5 rings (SSSR count). The fraction of sp³-hybridized carbons (Fsp3) is 0.130. The molecule has 0 saturated carbocycles. The van der Waals surface area contributed by atoms with Gasteiger partial charge in [0, 0.05) is 17.8 Å². The molecule has 0 fully saturated rings. The Kier molecular flexibility index (Phi) is 4.56. The fourth-order valence-electron chi connectivity index (χ4n) is 3.26. The van der Waals surface area contributed by atoms with Crippen molar-refractivity contribution in [1.82, 2.24) is 4.98 Å². The van der Waals surface area contributed by atoms with Crippen LogP contribution in [0.5, 0.6) is 17.2 Å². The second-order valence-corrected chi connectivity index (χ2v) is 7.27. The summed E-state index contributed by atoms with van der Waals surface area (Å²) in [5.41, 5.74) is 4.38. The second kappa shape index (κ2) is 7.39. The van der Waals surface area contributed by atoms with Gasteiger partial charge in [0.1, 0.15) is 11.3 Å². The van der Waals surface area contributed by atoms with E-state index >= 15 is 0 Å². The molecule has 4 aromatic rings. The van der Waals surface area contributed by atoms with Crippen LogP contribution >= 0.6 is 11.6 Å². The highest BCUT2D eigenvalue weighted by Crippen LogP contribution is 2.37. The van der Waals surface area contributed by atoms with Gasteiger partial charge in [-0.25, -0.2) is 4.98 Å². The lowest BCUT2D eigenvalue weighted by Gasteiger charge is -2.03. The van der Waals surface area contributed by atoms with Crippen molar-refractivity contribution in [2.45, 2.75) is 13.3 Å². The molecule has 30 heavy (non-hydrogen) atoms. The summed E-state index contributed by atoms with van der Waals surface area (Å²) in [7, 11) is 0. The van der Waals surface area contributed by atoms with Crippen LogP contribution in [0.25, 0.3) is 22.6 Å². The summed E-state index contributed by atoms with van der Waals surface area (Å²) in [6, 6.07) is 14.4. The minimum Gasteiger partial charge on any atom is -0.507 e. The second-order valence-electron chi connectivity index (χ2n) is 6.86. The highest BCUT2D eigenvalue weighted by molar-refractivity contribution is 6.33. The molecule has 150 valence electrons. The number of rotatable bonds is 4. The third kappa shape index (κ3) is 3.35. The van der Waals surface area contributed by atoms with Crippen LogP contribution in [0.1, 0.15) is 18.1 Å². The molecule has 1 aliphatic heterocycles. The monoisotopic (exact) mass is 420 g/mol. The Bertz CT molecular complexity index is 1300. The van der Waals surface area contributed by atoms with Crippen molar-refractivity contribution in [3.8, 4) is 28.7 Å². The Labute approximate surface area is 177 Å². The lowest BCUT2D eigenvalue weighted by atomic mass is 10.1. The molecule has 0 atom stereocenters. The maximum absolute atomic E-state index is 10.3. The van der Waals surface area contributed by atoms with E-state index in [9.17, 15) is 5.11 Å². The average Bonchev–Trinajstić information content (AvgIpc) is 3.38. The van der Waals surface area contributed by atoms with Crippen molar-refractivity contribution in [1.29, 1.82) is 0 Å². The standard InChI is InChI=1S/C23H17ClN2O4/c1-2-13-3-6-20-18(7-13)26-23(30-20)16-9-15(4-5-19(16)27)25-11-14-8-21-22(10-17(14)24)29-12-28-21/h3-11,27H,2,12H2,1H3. The van der Waals surface area contributed by atoms with E-state index < -0.39 is 0 Å². The first-order valence-electron chi connectivity index (χ1n) is 9.47. The van der Waals surface area contributed by atoms with E-state index in [0.717, 1.165) is 11.9 Å². The lowest BCUT2D eigenvalue weighted by molar-refractivity contribution is 0.174. The number of hydrogen-bond acceptors (Lipinski definition) is 6. The van der Waals surface area contributed by atoms with Crippen LogP contribution in [0.2, 0.25) is 5.02 Å². The van der Waals surface area contributed by atoms with Crippen molar-refractivity contribution >= 4 is 34.6 Å². The first-order chi connectivity index (χ1) is 14.6. The first-order valence-corrected chi connectivity index (χ1v) is 9.84. The van der Waals surface area contributed by atoms with Gasteiger partial charge < -0.3 is 19.0 Å². The first kappa shape index (κ1) is 18.5. The number of aryl methyl sites for hydroxylation is 1. The molecule has 7 heteroatoms. The lowest BCUT2D eigenvalue weighted by Crippen LogP contribution is -1.92.